The normalized spacial score (nSPS) is 12.0. The molecule has 0 saturated carbocycles. The number of allylic oxidation sites excluding steroid dienone is 2. The maximum atomic E-state index is 5.21. The summed E-state index contributed by atoms with van der Waals surface area (Å²) < 4.78 is 0. The molecule has 0 saturated heterocycles. The fourth-order valence-electron chi connectivity index (χ4n) is 0.797. The standard InChI is InChI=1S/C9H17N3S/c1-3-5-6-8(4-2)7-11-12-9(10)13/h6-7H,3-5H2,1-2H3,(H3,10,12,13)/b8-6+,11-7+. The van der Waals surface area contributed by atoms with Gasteiger partial charge in [0.1, 0.15) is 0 Å². The second-order valence-corrected chi connectivity index (χ2v) is 3.10. The molecule has 74 valence electrons. The summed E-state index contributed by atoms with van der Waals surface area (Å²) in [6, 6.07) is 0. The van der Waals surface area contributed by atoms with Gasteiger partial charge in [-0.1, -0.05) is 26.3 Å². The maximum absolute atomic E-state index is 5.21. The first-order valence-electron chi connectivity index (χ1n) is 4.48. The molecule has 0 aromatic rings. The zero-order valence-electron chi connectivity index (χ0n) is 8.21. The highest BCUT2D eigenvalue weighted by Crippen LogP contribution is 2.00. The minimum Gasteiger partial charge on any atom is -0.375 e. The first kappa shape index (κ1) is 12.1. The molecule has 0 radical (unpaired) electrons. The van der Waals surface area contributed by atoms with Crippen LogP contribution in [0.3, 0.4) is 0 Å². The van der Waals surface area contributed by atoms with Crippen LogP contribution in [0.1, 0.15) is 33.1 Å². The summed E-state index contributed by atoms with van der Waals surface area (Å²) in [7, 11) is 0. The zero-order chi connectivity index (χ0) is 10.1. The SMILES string of the molecule is CCC/C=C(/C=N/NC(N)=S)CC. The molecule has 0 fully saturated rings. The van der Waals surface area contributed by atoms with E-state index < -0.39 is 0 Å². The van der Waals surface area contributed by atoms with Gasteiger partial charge in [0.25, 0.3) is 0 Å². The number of hydrogen-bond acceptors (Lipinski definition) is 2. The van der Waals surface area contributed by atoms with E-state index in [2.05, 4.69) is 42.7 Å². The van der Waals surface area contributed by atoms with Crippen molar-refractivity contribution >= 4 is 23.5 Å². The lowest BCUT2D eigenvalue weighted by Gasteiger charge is -1.97. The Morgan fingerprint density at radius 2 is 2.23 bits per heavy atom. The summed E-state index contributed by atoms with van der Waals surface area (Å²) in [6.07, 6.45) is 7.14. The van der Waals surface area contributed by atoms with Crippen LogP contribution in [-0.4, -0.2) is 11.3 Å². The molecule has 4 heteroatoms. The number of hydrogen-bond donors (Lipinski definition) is 2. The van der Waals surface area contributed by atoms with Crippen LogP contribution in [0.25, 0.3) is 0 Å². The van der Waals surface area contributed by atoms with Crippen molar-refractivity contribution in [1.29, 1.82) is 0 Å². The Morgan fingerprint density at radius 1 is 1.54 bits per heavy atom. The van der Waals surface area contributed by atoms with Crippen molar-refractivity contribution in [2.45, 2.75) is 33.1 Å². The highest BCUT2D eigenvalue weighted by atomic mass is 32.1. The van der Waals surface area contributed by atoms with E-state index in [1.54, 1.807) is 6.21 Å². The van der Waals surface area contributed by atoms with Crippen LogP contribution in [0.5, 0.6) is 0 Å². The van der Waals surface area contributed by atoms with Gasteiger partial charge in [-0.3, -0.25) is 5.43 Å². The van der Waals surface area contributed by atoms with Crippen molar-refractivity contribution in [3.8, 4) is 0 Å². The number of nitrogens with two attached hydrogens (primary N) is 1. The molecule has 0 rings (SSSR count). The molecule has 0 aromatic carbocycles. The Hall–Kier alpha value is -0.900. The Morgan fingerprint density at radius 3 is 2.69 bits per heavy atom. The van der Waals surface area contributed by atoms with Gasteiger partial charge in [0.05, 0.1) is 6.21 Å². The lowest BCUT2D eigenvalue weighted by Crippen LogP contribution is -2.24. The van der Waals surface area contributed by atoms with Gasteiger partial charge in [-0.2, -0.15) is 5.10 Å². The fourth-order valence-corrected chi connectivity index (χ4v) is 0.850. The van der Waals surface area contributed by atoms with E-state index in [1.165, 1.54) is 5.57 Å². The van der Waals surface area contributed by atoms with Gasteiger partial charge in [0, 0.05) is 0 Å². The average Bonchev–Trinajstić information content (AvgIpc) is 2.10. The van der Waals surface area contributed by atoms with Crippen molar-refractivity contribution < 1.29 is 0 Å². The maximum Gasteiger partial charge on any atom is 0.184 e. The monoisotopic (exact) mass is 199 g/mol. The molecule has 0 heterocycles. The third kappa shape index (κ3) is 7.46. The van der Waals surface area contributed by atoms with Crippen LogP contribution in [0.15, 0.2) is 16.8 Å². The Kier molecular flexibility index (Phi) is 7.20. The molecule has 0 aliphatic carbocycles. The van der Waals surface area contributed by atoms with Crippen LogP contribution >= 0.6 is 12.2 Å². The van der Waals surface area contributed by atoms with Crippen LogP contribution in [0.2, 0.25) is 0 Å². The summed E-state index contributed by atoms with van der Waals surface area (Å²) in [5.41, 5.74) is 8.93. The number of rotatable bonds is 5. The minimum atomic E-state index is 0.196. The number of nitrogens with zero attached hydrogens (tertiary/aromatic N) is 1. The third-order valence-corrected chi connectivity index (χ3v) is 1.60. The van der Waals surface area contributed by atoms with E-state index in [0.29, 0.717) is 0 Å². The Balaban J connectivity index is 3.96. The largest absolute Gasteiger partial charge is 0.375 e. The van der Waals surface area contributed by atoms with E-state index in [9.17, 15) is 0 Å². The third-order valence-electron chi connectivity index (χ3n) is 1.51. The van der Waals surface area contributed by atoms with Crippen LogP contribution in [0, 0.1) is 0 Å². The highest BCUT2D eigenvalue weighted by Gasteiger charge is 1.88. The van der Waals surface area contributed by atoms with Gasteiger partial charge in [-0.15, -0.1) is 0 Å². The van der Waals surface area contributed by atoms with Crippen LogP contribution in [0.4, 0.5) is 0 Å². The first-order chi connectivity index (χ1) is 6.20. The topological polar surface area (TPSA) is 50.4 Å². The Labute approximate surface area is 85.1 Å². The van der Waals surface area contributed by atoms with E-state index in [1.807, 2.05) is 0 Å². The molecule has 0 bridgehead atoms. The van der Waals surface area contributed by atoms with Gasteiger partial charge in [0.2, 0.25) is 0 Å². The van der Waals surface area contributed by atoms with Crippen molar-refractivity contribution in [2.24, 2.45) is 10.8 Å². The quantitative estimate of drug-likeness (QED) is 0.404. The Bertz CT molecular complexity index is 209. The number of hydrazone groups is 1. The lowest BCUT2D eigenvalue weighted by molar-refractivity contribution is 0.944. The van der Waals surface area contributed by atoms with Gasteiger partial charge in [-0.05, 0) is 30.6 Å². The van der Waals surface area contributed by atoms with Gasteiger partial charge < -0.3 is 5.73 Å². The molecule has 0 aliphatic heterocycles. The van der Waals surface area contributed by atoms with Gasteiger partial charge in [0.15, 0.2) is 5.11 Å². The molecular weight excluding hydrogens is 182 g/mol. The first-order valence-corrected chi connectivity index (χ1v) is 4.89. The smallest absolute Gasteiger partial charge is 0.184 e. The van der Waals surface area contributed by atoms with Crippen molar-refractivity contribution in [2.75, 3.05) is 0 Å². The summed E-state index contributed by atoms with van der Waals surface area (Å²) >= 11 is 4.60. The number of nitrogens with one attached hydrogen (secondary N) is 1. The number of unbranched alkanes of at least 4 members (excludes halogenated alkanes) is 1. The zero-order valence-corrected chi connectivity index (χ0v) is 9.03. The van der Waals surface area contributed by atoms with E-state index in [-0.39, 0.29) is 5.11 Å². The van der Waals surface area contributed by atoms with E-state index >= 15 is 0 Å². The average molecular weight is 199 g/mol. The molecular formula is C9H17N3S. The molecule has 13 heavy (non-hydrogen) atoms. The molecule has 0 spiro atoms. The lowest BCUT2D eigenvalue weighted by atomic mass is 10.2. The van der Waals surface area contributed by atoms with E-state index in [0.717, 1.165) is 19.3 Å². The van der Waals surface area contributed by atoms with E-state index in [4.69, 9.17) is 5.73 Å². The molecule has 0 unspecified atom stereocenters. The second kappa shape index (κ2) is 7.73. The van der Waals surface area contributed by atoms with Crippen LogP contribution in [-0.2, 0) is 0 Å². The summed E-state index contributed by atoms with van der Waals surface area (Å²) in [4.78, 5) is 0. The summed E-state index contributed by atoms with van der Waals surface area (Å²) in [5, 5.41) is 4.08. The predicted molar refractivity (Wildman–Crippen MR) is 61.7 cm³/mol. The summed E-state index contributed by atoms with van der Waals surface area (Å²) in [6.45, 7) is 4.24. The molecule has 0 aromatic heterocycles. The second-order valence-electron chi connectivity index (χ2n) is 2.66. The van der Waals surface area contributed by atoms with Crippen molar-refractivity contribution in [3.05, 3.63) is 11.6 Å². The molecule has 3 N–H and O–H groups in total. The van der Waals surface area contributed by atoms with Gasteiger partial charge >= 0.3 is 0 Å². The van der Waals surface area contributed by atoms with Crippen LogP contribution < -0.4 is 11.2 Å². The highest BCUT2D eigenvalue weighted by molar-refractivity contribution is 7.80. The van der Waals surface area contributed by atoms with Gasteiger partial charge in [-0.25, -0.2) is 0 Å². The van der Waals surface area contributed by atoms with Crippen molar-refractivity contribution in [3.63, 3.8) is 0 Å². The fraction of sp³-hybridized carbons (Fsp3) is 0.556. The minimum absolute atomic E-state index is 0.196. The predicted octanol–water partition coefficient (Wildman–Crippen LogP) is 1.94. The molecule has 3 nitrogen and oxygen atoms in total. The molecule has 0 atom stereocenters. The number of thiocarbonyl (C=S) groups is 1. The summed E-state index contributed by atoms with van der Waals surface area (Å²) in [5.74, 6) is 0. The molecule has 0 aliphatic rings. The van der Waals surface area contributed by atoms with Crippen molar-refractivity contribution in [1.82, 2.24) is 5.43 Å². The molecule has 0 amide bonds.